The van der Waals surface area contributed by atoms with Crippen molar-refractivity contribution in [3.8, 4) is 0 Å². The maximum atomic E-state index is 11.0. The summed E-state index contributed by atoms with van der Waals surface area (Å²) in [6.07, 6.45) is 3.62. The maximum absolute atomic E-state index is 11.0. The predicted octanol–water partition coefficient (Wildman–Crippen LogP) is 0.568. The first-order valence-corrected chi connectivity index (χ1v) is 3.20. The molecule has 1 heterocycles. The summed E-state index contributed by atoms with van der Waals surface area (Å²) in [4.78, 5) is 23.9. The maximum Gasteiger partial charge on any atom is 0.417 e. The summed E-state index contributed by atoms with van der Waals surface area (Å²) >= 11 is 0. The van der Waals surface area contributed by atoms with Crippen molar-refractivity contribution in [1.82, 2.24) is 4.98 Å². The van der Waals surface area contributed by atoms with E-state index in [1.54, 1.807) is 12.2 Å². The highest BCUT2D eigenvalue weighted by Gasteiger charge is 2.17. The molecule has 0 aliphatic heterocycles. The Labute approximate surface area is 61.5 Å². The van der Waals surface area contributed by atoms with Gasteiger partial charge in [-0.25, -0.2) is 4.79 Å². The van der Waals surface area contributed by atoms with Gasteiger partial charge in [-0.15, -0.1) is 0 Å². The summed E-state index contributed by atoms with van der Waals surface area (Å²) in [6.45, 7) is 0. The van der Waals surface area contributed by atoms with E-state index >= 15 is 0 Å². The normalized spacial score (nSPS) is 15.1. The van der Waals surface area contributed by atoms with Crippen molar-refractivity contribution >= 4 is 11.9 Å². The lowest BCUT2D eigenvalue weighted by molar-refractivity contribution is 0.0989. The van der Waals surface area contributed by atoms with Crippen molar-refractivity contribution in [1.29, 1.82) is 0 Å². The Morgan fingerprint density at radius 3 is 3.00 bits per heavy atom. The molecule has 4 nitrogen and oxygen atoms in total. The van der Waals surface area contributed by atoms with Crippen LogP contribution in [0, 0.1) is 0 Å². The highest BCUT2D eigenvalue weighted by molar-refractivity contribution is 5.99. The van der Waals surface area contributed by atoms with E-state index in [0.717, 1.165) is 0 Å². The summed E-state index contributed by atoms with van der Waals surface area (Å²) in [5.74, 6) is -0.338. The molecule has 2 rings (SSSR count). The van der Waals surface area contributed by atoms with E-state index in [1.807, 2.05) is 0 Å². The lowest BCUT2D eigenvalue weighted by Gasteiger charge is -1.98. The molecule has 0 unspecified atom stereocenters. The average Bonchev–Trinajstić information content (AvgIpc) is 2.31. The van der Waals surface area contributed by atoms with Crippen molar-refractivity contribution in [3.63, 3.8) is 0 Å². The third kappa shape index (κ3) is 0.832. The minimum Gasteiger partial charge on any atom is -0.408 e. The molecule has 11 heavy (non-hydrogen) atoms. The summed E-state index contributed by atoms with van der Waals surface area (Å²) in [6, 6.07) is 0. The van der Waals surface area contributed by atoms with Gasteiger partial charge in [-0.05, 0) is 6.08 Å². The number of aromatic nitrogens is 1. The Kier molecular flexibility index (Phi) is 1.09. The van der Waals surface area contributed by atoms with Gasteiger partial charge in [0.05, 0.1) is 0 Å². The second-order valence-electron chi connectivity index (χ2n) is 2.28. The van der Waals surface area contributed by atoms with Crippen LogP contribution in [0.4, 0.5) is 0 Å². The molecule has 0 spiro atoms. The van der Waals surface area contributed by atoms with Gasteiger partial charge in [-0.3, -0.25) is 9.78 Å². The number of carbonyl (C=O) groups excluding carboxylic acids is 1. The summed E-state index contributed by atoms with van der Waals surface area (Å²) in [7, 11) is 0. The molecular weight excluding hydrogens is 146 g/mol. The molecule has 1 aliphatic carbocycles. The SMILES string of the molecule is O=C1CC=Cc2oc(=O)[nH]c21. The quantitative estimate of drug-likeness (QED) is 0.589. The zero-order valence-electron chi connectivity index (χ0n) is 5.59. The summed E-state index contributed by atoms with van der Waals surface area (Å²) in [5, 5.41) is 0. The molecule has 0 aromatic carbocycles. The van der Waals surface area contributed by atoms with Crippen LogP contribution >= 0.6 is 0 Å². The zero-order chi connectivity index (χ0) is 7.84. The third-order valence-corrected chi connectivity index (χ3v) is 1.53. The van der Waals surface area contributed by atoms with E-state index in [-0.39, 0.29) is 11.5 Å². The number of nitrogens with one attached hydrogen (secondary N) is 1. The van der Waals surface area contributed by atoms with Crippen LogP contribution in [-0.2, 0) is 0 Å². The van der Waals surface area contributed by atoms with Crippen LogP contribution in [0.3, 0.4) is 0 Å². The van der Waals surface area contributed by atoms with Gasteiger partial charge in [-0.1, -0.05) is 6.08 Å². The molecule has 0 radical (unpaired) electrons. The Morgan fingerprint density at radius 1 is 1.45 bits per heavy atom. The number of aromatic amines is 1. The molecule has 1 N–H and O–H groups in total. The van der Waals surface area contributed by atoms with E-state index in [2.05, 4.69) is 9.40 Å². The molecule has 56 valence electrons. The number of Topliss-reactive ketones (excluding diaryl/α,β-unsaturated/α-hetero) is 1. The van der Waals surface area contributed by atoms with Crippen molar-refractivity contribution in [2.75, 3.05) is 0 Å². The minimum atomic E-state index is -0.574. The first-order chi connectivity index (χ1) is 5.27. The minimum absolute atomic E-state index is 0.103. The van der Waals surface area contributed by atoms with Crippen LogP contribution in [0.25, 0.3) is 6.08 Å². The highest BCUT2D eigenvalue weighted by Crippen LogP contribution is 2.14. The van der Waals surface area contributed by atoms with Crippen LogP contribution in [0.15, 0.2) is 15.3 Å². The van der Waals surface area contributed by atoms with Crippen LogP contribution in [0.2, 0.25) is 0 Å². The number of hydrogen-bond acceptors (Lipinski definition) is 3. The van der Waals surface area contributed by atoms with E-state index in [9.17, 15) is 9.59 Å². The van der Waals surface area contributed by atoms with Crippen molar-refractivity contribution in [2.45, 2.75) is 6.42 Å². The second-order valence-corrected chi connectivity index (χ2v) is 2.28. The molecule has 1 aromatic heterocycles. The topological polar surface area (TPSA) is 63.1 Å². The molecule has 0 amide bonds. The van der Waals surface area contributed by atoms with Crippen molar-refractivity contribution < 1.29 is 9.21 Å². The Balaban J connectivity index is 2.71. The number of rotatable bonds is 0. The molecule has 1 aliphatic rings. The van der Waals surface area contributed by atoms with Gasteiger partial charge in [0.25, 0.3) is 0 Å². The molecule has 0 saturated carbocycles. The lowest BCUT2D eigenvalue weighted by atomic mass is 10.1. The Hall–Kier alpha value is -1.58. The van der Waals surface area contributed by atoms with E-state index in [4.69, 9.17) is 0 Å². The molecule has 4 heteroatoms. The third-order valence-electron chi connectivity index (χ3n) is 1.53. The number of H-pyrrole nitrogens is 1. The number of oxazole rings is 1. The molecule has 0 bridgehead atoms. The monoisotopic (exact) mass is 151 g/mol. The number of fused-ring (bicyclic) bond motifs is 1. The lowest BCUT2D eigenvalue weighted by Crippen LogP contribution is -2.05. The van der Waals surface area contributed by atoms with Gasteiger partial charge in [0, 0.05) is 6.42 Å². The first kappa shape index (κ1) is 6.15. The van der Waals surface area contributed by atoms with Crippen LogP contribution in [-0.4, -0.2) is 10.8 Å². The fraction of sp³-hybridized carbons (Fsp3) is 0.143. The number of ketones is 1. The molecule has 0 atom stereocenters. The van der Waals surface area contributed by atoms with Crippen molar-refractivity contribution in [2.24, 2.45) is 0 Å². The Morgan fingerprint density at radius 2 is 2.27 bits per heavy atom. The van der Waals surface area contributed by atoms with Gasteiger partial charge in [0.2, 0.25) is 0 Å². The van der Waals surface area contributed by atoms with Gasteiger partial charge in [0.1, 0.15) is 5.69 Å². The van der Waals surface area contributed by atoms with Crippen LogP contribution in [0.1, 0.15) is 22.7 Å². The average molecular weight is 151 g/mol. The van der Waals surface area contributed by atoms with Gasteiger partial charge in [0.15, 0.2) is 11.5 Å². The molecular formula is C7H5NO3. The van der Waals surface area contributed by atoms with Gasteiger partial charge < -0.3 is 4.42 Å². The van der Waals surface area contributed by atoms with Crippen LogP contribution in [0.5, 0.6) is 0 Å². The smallest absolute Gasteiger partial charge is 0.408 e. The zero-order valence-corrected chi connectivity index (χ0v) is 5.59. The number of allylic oxidation sites excluding steroid dienone is 1. The number of hydrogen-bond donors (Lipinski definition) is 1. The standard InChI is InChI=1S/C7H5NO3/c9-4-2-1-3-5-6(4)8-7(10)11-5/h1,3H,2H2,(H,8,10). The molecule has 1 aromatic rings. The predicted molar refractivity (Wildman–Crippen MR) is 37.3 cm³/mol. The second kappa shape index (κ2) is 1.95. The fourth-order valence-corrected chi connectivity index (χ4v) is 1.04. The fourth-order valence-electron chi connectivity index (χ4n) is 1.04. The van der Waals surface area contributed by atoms with E-state index in [1.165, 1.54) is 0 Å². The summed E-state index contributed by atoms with van der Waals surface area (Å²) < 4.78 is 4.66. The first-order valence-electron chi connectivity index (χ1n) is 3.20. The largest absolute Gasteiger partial charge is 0.417 e. The van der Waals surface area contributed by atoms with Crippen LogP contribution < -0.4 is 5.76 Å². The summed E-state index contributed by atoms with van der Waals surface area (Å²) in [5.41, 5.74) is 0.289. The molecule has 0 saturated heterocycles. The van der Waals surface area contributed by atoms with E-state index in [0.29, 0.717) is 12.2 Å². The number of carbonyl (C=O) groups is 1. The van der Waals surface area contributed by atoms with Crippen molar-refractivity contribution in [3.05, 3.63) is 28.1 Å². The molecule has 0 fully saturated rings. The highest BCUT2D eigenvalue weighted by atomic mass is 16.4. The van der Waals surface area contributed by atoms with Gasteiger partial charge in [-0.2, -0.15) is 0 Å². The van der Waals surface area contributed by atoms with Gasteiger partial charge >= 0.3 is 5.76 Å². The van der Waals surface area contributed by atoms with E-state index < -0.39 is 5.76 Å². The Bertz CT molecular complexity index is 383.